The summed E-state index contributed by atoms with van der Waals surface area (Å²) in [5.74, 6) is 3.63. The van der Waals surface area contributed by atoms with Gasteiger partial charge in [0.15, 0.2) is 0 Å². The van der Waals surface area contributed by atoms with Crippen LogP contribution in [-0.4, -0.2) is 47.3 Å². The third-order valence-electron chi connectivity index (χ3n) is 5.31. The zero-order valence-electron chi connectivity index (χ0n) is 16.4. The first kappa shape index (κ1) is 18.4. The number of hydrogen-bond acceptors (Lipinski definition) is 6. The van der Waals surface area contributed by atoms with Crippen LogP contribution in [0.2, 0.25) is 0 Å². The van der Waals surface area contributed by atoms with Gasteiger partial charge in [0.2, 0.25) is 5.88 Å². The largest absolute Gasteiger partial charge is 0.473 e. The van der Waals surface area contributed by atoms with Crippen molar-refractivity contribution in [3.8, 4) is 5.88 Å². The molecule has 27 heavy (non-hydrogen) atoms. The van der Waals surface area contributed by atoms with Gasteiger partial charge in [-0.15, -0.1) is 0 Å². The van der Waals surface area contributed by atoms with Crippen molar-refractivity contribution in [3.05, 3.63) is 40.7 Å². The van der Waals surface area contributed by atoms with Crippen LogP contribution in [0.1, 0.15) is 48.4 Å². The Kier molecular flexibility index (Phi) is 5.74. The Hall–Kier alpha value is -1.92. The Balaban J connectivity index is 1.48. The number of likely N-dealkylation sites (tertiary alicyclic amines) is 1. The Morgan fingerprint density at radius 3 is 2.93 bits per heavy atom. The Morgan fingerprint density at radius 1 is 1.22 bits per heavy atom. The molecule has 6 heteroatoms. The Labute approximate surface area is 160 Å². The highest BCUT2D eigenvalue weighted by Crippen LogP contribution is 2.26. The summed E-state index contributed by atoms with van der Waals surface area (Å²) in [5, 5.41) is 0. The van der Waals surface area contributed by atoms with Gasteiger partial charge in [0.1, 0.15) is 23.4 Å². The summed E-state index contributed by atoms with van der Waals surface area (Å²) >= 11 is 0. The molecule has 2 aromatic heterocycles. The summed E-state index contributed by atoms with van der Waals surface area (Å²) in [6, 6.07) is 4.09. The number of nitrogens with zero attached hydrogens (tertiary/aromatic N) is 3. The second-order valence-corrected chi connectivity index (χ2v) is 7.47. The van der Waals surface area contributed by atoms with Gasteiger partial charge in [-0.25, -0.2) is 4.98 Å². The van der Waals surface area contributed by atoms with Crippen molar-refractivity contribution in [3.63, 3.8) is 0 Å². The topological polar surface area (TPSA) is 60.6 Å². The van der Waals surface area contributed by atoms with Crippen LogP contribution < -0.4 is 4.74 Å². The Bertz CT molecular complexity index is 774. The van der Waals surface area contributed by atoms with Gasteiger partial charge in [-0.1, -0.05) is 6.92 Å². The fourth-order valence-corrected chi connectivity index (χ4v) is 3.92. The molecule has 0 aliphatic carbocycles. The minimum Gasteiger partial charge on any atom is -0.473 e. The molecule has 6 nitrogen and oxygen atoms in total. The lowest BCUT2D eigenvalue weighted by atomic mass is 10.1. The number of hydrogen-bond donors (Lipinski definition) is 0. The maximum atomic E-state index is 6.45. The lowest BCUT2D eigenvalue weighted by Crippen LogP contribution is -2.40. The predicted molar refractivity (Wildman–Crippen MR) is 102 cm³/mol. The highest BCUT2D eigenvalue weighted by molar-refractivity contribution is 5.32. The maximum Gasteiger partial charge on any atom is 0.220 e. The van der Waals surface area contributed by atoms with Crippen LogP contribution in [0.5, 0.6) is 5.88 Å². The third-order valence-corrected chi connectivity index (χ3v) is 5.31. The first-order valence-electron chi connectivity index (χ1n) is 10.1. The van der Waals surface area contributed by atoms with Crippen molar-refractivity contribution in [1.82, 2.24) is 14.9 Å². The van der Waals surface area contributed by atoms with E-state index in [1.807, 2.05) is 13.0 Å². The quantitative estimate of drug-likeness (QED) is 0.805. The van der Waals surface area contributed by atoms with Gasteiger partial charge < -0.3 is 13.9 Å². The number of rotatable bonds is 5. The second kappa shape index (κ2) is 8.40. The zero-order valence-corrected chi connectivity index (χ0v) is 16.4. The molecule has 1 fully saturated rings. The fraction of sp³-hybridized carbons (Fsp3) is 0.619. The molecule has 0 amide bonds. The molecule has 4 rings (SSSR count). The molecule has 0 aromatic carbocycles. The van der Waals surface area contributed by atoms with E-state index >= 15 is 0 Å². The summed E-state index contributed by atoms with van der Waals surface area (Å²) in [6.45, 7) is 8.34. The molecule has 2 aliphatic heterocycles. The first-order valence-corrected chi connectivity index (χ1v) is 10.1. The number of furan rings is 1. The van der Waals surface area contributed by atoms with Gasteiger partial charge in [-0.2, -0.15) is 4.98 Å². The lowest BCUT2D eigenvalue weighted by molar-refractivity contribution is 0.0754. The number of aromatic nitrogens is 2. The molecule has 146 valence electrons. The molecular weight excluding hydrogens is 342 g/mol. The maximum absolute atomic E-state index is 6.45. The van der Waals surface area contributed by atoms with E-state index in [1.54, 1.807) is 0 Å². The predicted octanol–water partition coefficient (Wildman–Crippen LogP) is 3.10. The number of aryl methyl sites for hydroxylation is 2. The molecule has 2 aromatic rings. The number of ether oxygens (including phenoxy) is 2. The van der Waals surface area contributed by atoms with Gasteiger partial charge in [0.05, 0.1) is 25.5 Å². The van der Waals surface area contributed by atoms with Crippen LogP contribution in [-0.2, 0) is 30.5 Å². The first-order chi connectivity index (χ1) is 13.2. The average molecular weight is 371 g/mol. The third kappa shape index (κ3) is 4.50. The van der Waals surface area contributed by atoms with E-state index in [1.165, 1.54) is 0 Å². The van der Waals surface area contributed by atoms with E-state index in [0.717, 1.165) is 92.8 Å². The monoisotopic (exact) mass is 371 g/mol. The van der Waals surface area contributed by atoms with E-state index in [2.05, 4.69) is 17.9 Å². The van der Waals surface area contributed by atoms with Crippen LogP contribution in [0.4, 0.5) is 0 Å². The van der Waals surface area contributed by atoms with Crippen molar-refractivity contribution in [2.24, 2.45) is 0 Å². The number of piperidine rings is 1. The van der Waals surface area contributed by atoms with Gasteiger partial charge in [0.25, 0.3) is 0 Å². The van der Waals surface area contributed by atoms with Gasteiger partial charge in [0, 0.05) is 31.4 Å². The van der Waals surface area contributed by atoms with E-state index in [4.69, 9.17) is 23.9 Å². The van der Waals surface area contributed by atoms with Crippen molar-refractivity contribution in [2.75, 3.05) is 26.3 Å². The normalized spacial score (nSPS) is 20.9. The smallest absolute Gasteiger partial charge is 0.220 e. The summed E-state index contributed by atoms with van der Waals surface area (Å²) in [7, 11) is 0. The summed E-state index contributed by atoms with van der Waals surface area (Å²) in [6.07, 6.45) is 4.83. The minimum absolute atomic E-state index is 0.155. The van der Waals surface area contributed by atoms with Gasteiger partial charge in [-0.05, 0) is 38.4 Å². The van der Waals surface area contributed by atoms with Crippen molar-refractivity contribution >= 4 is 0 Å². The van der Waals surface area contributed by atoms with Crippen LogP contribution >= 0.6 is 0 Å². The van der Waals surface area contributed by atoms with Crippen LogP contribution in [0, 0.1) is 6.92 Å². The Morgan fingerprint density at radius 2 is 2.11 bits per heavy atom. The fourth-order valence-electron chi connectivity index (χ4n) is 3.92. The molecule has 0 radical (unpaired) electrons. The zero-order chi connectivity index (χ0) is 18.6. The highest BCUT2D eigenvalue weighted by atomic mass is 16.5. The molecule has 1 atom stereocenters. The summed E-state index contributed by atoms with van der Waals surface area (Å²) in [5.41, 5.74) is 2.25. The molecule has 0 saturated carbocycles. The van der Waals surface area contributed by atoms with E-state index in [0.29, 0.717) is 6.61 Å². The van der Waals surface area contributed by atoms with Crippen LogP contribution in [0.15, 0.2) is 16.5 Å². The molecule has 0 bridgehead atoms. The van der Waals surface area contributed by atoms with Crippen LogP contribution in [0.3, 0.4) is 0 Å². The minimum atomic E-state index is 0.155. The second-order valence-electron chi connectivity index (χ2n) is 7.47. The molecule has 0 spiro atoms. The molecule has 4 heterocycles. The summed E-state index contributed by atoms with van der Waals surface area (Å²) < 4.78 is 17.8. The molecule has 1 saturated heterocycles. The van der Waals surface area contributed by atoms with Crippen molar-refractivity contribution in [2.45, 2.75) is 58.6 Å². The van der Waals surface area contributed by atoms with E-state index < -0.39 is 0 Å². The molecule has 2 aliphatic rings. The highest BCUT2D eigenvalue weighted by Gasteiger charge is 2.25. The standard InChI is InChI=1S/C21H29N3O3/c1-3-20-22-19-9-12-25-11-8-18(19)21(23-20)27-16-5-4-10-24(13-16)14-17-7-6-15(2)26-17/h6-7,16H,3-5,8-14H2,1-2H3. The van der Waals surface area contributed by atoms with E-state index in [9.17, 15) is 0 Å². The van der Waals surface area contributed by atoms with Gasteiger partial charge in [-0.3, -0.25) is 4.90 Å². The van der Waals surface area contributed by atoms with Gasteiger partial charge >= 0.3 is 0 Å². The van der Waals surface area contributed by atoms with Crippen molar-refractivity contribution in [1.29, 1.82) is 0 Å². The lowest BCUT2D eigenvalue weighted by Gasteiger charge is -2.32. The molecular formula is C21H29N3O3. The molecule has 0 N–H and O–H groups in total. The average Bonchev–Trinajstić information content (AvgIpc) is 2.92. The van der Waals surface area contributed by atoms with Crippen molar-refractivity contribution < 1.29 is 13.9 Å². The SMILES string of the molecule is CCc1nc2c(c(OC3CCCN(Cc4ccc(C)o4)C3)n1)CCOCC2. The van der Waals surface area contributed by atoms with E-state index in [-0.39, 0.29) is 6.10 Å². The summed E-state index contributed by atoms with van der Waals surface area (Å²) in [4.78, 5) is 11.9. The molecule has 1 unspecified atom stereocenters. The number of fused-ring (bicyclic) bond motifs is 1. The van der Waals surface area contributed by atoms with Crippen LogP contribution in [0.25, 0.3) is 0 Å².